The molecule has 0 aromatic heterocycles. The summed E-state index contributed by atoms with van der Waals surface area (Å²) in [7, 11) is 0. The molecular weight excluding hydrogens is 209 g/mol. The highest BCUT2D eigenvalue weighted by molar-refractivity contribution is 5.98. The van der Waals surface area contributed by atoms with Gasteiger partial charge in [-0.3, -0.25) is 4.79 Å². The van der Waals surface area contributed by atoms with Crippen LogP contribution in [0.4, 0.5) is 13.2 Å². The molecule has 0 fully saturated rings. The molecule has 0 aliphatic carbocycles. The summed E-state index contributed by atoms with van der Waals surface area (Å²) < 4.78 is 36.8. The van der Waals surface area contributed by atoms with E-state index in [1.807, 2.05) is 0 Å². The van der Waals surface area contributed by atoms with E-state index in [9.17, 15) is 23.1 Å². The number of carbonyl (C=O) groups is 1. The Balaban J connectivity index is 3.23. The third kappa shape index (κ3) is 2.49. The van der Waals surface area contributed by atoms with Gasteiger partial charge in [-0.1, -0.05) is 6.92 Å². The van der Waals surface area contributed by atoms with Gasteiger partial charge in [0.25, 0.3) is 0 Å². The van der Waals surface area contributed by atoms with Crippen LogP contribution >= 0.6 is 0 Å². The van der Waals surface area contributed by atoms with E-state index < -0.39 is 23.3 Å². The van der Waals surface area contributed by atoms with Crippen molar-refractivity contribution in [2.75, 3.05) is 0 Å². The van der Waals surface area contributed by atoms with E-state index in [4.69, 9.17) is 0 Å². The van der Waals surface area contributed by atoms with Crippen LogP contribution in [0, 0.1) is 0 Å². The minimum Gasteiger partial charge on any atom is -0.507 e. The fourth-order valence-electron chi connectivity index (χ4n) is 1.13. The number of aromatic hydroxyl groups is 1. The fraction of sp³-hybridized carbons (Fsp3) is 0.300. The normalized spacial score (nSPS) is 11.5. The molecule has 0 amide bonds. The van der Waals surface area contributed by atoms with Crippen LogP contribution in [-0.2, 0) is 6.18 Å². The first kappa shape index (κ1) is 11.6. The van der Waals surface area contributed by atoms with E-state index in [1.165, 1.54) is 6.92 Å². The molecule has 1 rings (SSSR count). The number of phenols is 1. The van der Waals surface area contributed by atoms with Gasteiger partial charge in [-0.15, -0.1) is 0 Å². The highest BCUT2D eigenvalue weighted by Gasteiger charge is 2.31. The summed E-state index contributed by atoms with van der Waals surface area (Å²) in [4.78, 5) is 11.2. The van der Waals surface area contributed by atoms with Gasteiger partial charge in [0, 0.05) is 6.42 Å². The Kier molecular flexibility index (Phi) is 3.02. The Hall–Kier alpha value is -1.52. The van der Waals surface area contributed by atoms with Crippen LogP contribution in [0.3, 0.4) is 0 Å². The van der Waals surface area contributed by atoms with E-state index >= 15 is 0 Å². The minimum absolute atomic E-state index is 0.0505. The molecule has 1 aromatic carbocycles. The quantitative estimate of drug-likeness (QED) is 0.774. The lowest BCUT2D eigenvalue weighted by molar-refractivity contribution is -0.137. The van der Waals surface area contributed by atoms with E-state index in [0.29, 0.717) is 6.07 Å². The third-order valence-electron chi connectivity index (χ3n) is 1.95. The molecule has 0 heterocycles. The van der Waals surface area contributed by atoms with Crippen LogP contribution in [-0.4, -0.2) is 10.9 Å². The maximum Gasteiger partial charge on any atom is 0.416 e. The van der Waals surface area contributed by atoms with Gasteiger partial charge in [-0.2, -0.15) is 13.2 Å². The predicted octanol–water partition coefficient (Wildman–Crippen LogP) is 3.00. The van der Waals surface area contributed by atoms with Crippen molar-refractivity contribution in [1.29, 1.82) is 0 Å². The maximum atomic E-state index is 12.3. The molecule has 2 nitrogen and oxygen atoms in total. The summed E-state index contributed by atoms with van der Waals surface area (Å²) in [5.74, 6) is -0.937. The zero-order valence-corrected chi connectivity index (χ0v) is 7.93. The van der Waals surface area contributed by atoms with Gasteiger partial charge >= 0.3 is 6.18 Å². The van der Waals surface area contributed by atoms with Crippen LogP contribution in [0.5, 0.6) is 5.75 Å². The molecule has 15 heavy (non-hydrogen) atoms. The number of ketones is 1. The largest absolute Gasteiger partial charge is 0.507 e. The van der Waals surface area contributed by atoms with Crippen LogP contribution in [0.2, 0.25) is 0 Å². The number of Topliss-reactive ketones (excluding diaryl/α,β-unsaturated/α-hetero) is 1. The average molecular weight is 218 g/mol. The molecule has 0 radical (unpaired) electrons. The Labute approximate surface area is 84.3 Å². The van der Waals surface area contributed by atoms with Crippen molar-refractivity contribution in [1.82, 2.24) is 0 Å². The first-order valence-electron chi connectivity index (χ1n) is 4.29. The van der Waals surface area contributed by atoms with Crippen LogP contribution < -0.4 is 0 Å². The molecule has 0 atom stereocenters. The molecule has 0 unspecified atom stereocenters. The van der Waals surface area contributed by atoms with Crippen molar-refractivity contribution in [2.24, 2.45) is 0 Å². The molecule has 0 bridgehead atoms. The number of hydrogen-bond acceptors (Lipinski definition) is 2. The molecule has 5 heteroatoms. The van der Waals surface area contributed by atoms with Gasteiger partial charge in [0.15, 0.2) is 5.78 Å². The fourth-order valence-corrected chi connectivity index (χ4v) is 1.13. The maximum absolute atomic E-state index is 12.3. The second-order valence-corrected chi connectivity index (χ2v) is 3.01. The Morgan fingerprint density at radius 1 is 1.40 bits per heavy atom. The number of rotatable bonds is 2. The zero-order chi connectivity index (χ0) is 11.6. The van der Waals surface area contributed by atoms with E-state index in [1.54, 1.807) is 0 Å². The first-order chi connectivity index (χ1) is 6.86. The highest BCUT2D eigenvalue weighted by Crippen LogP contribution is 2.32. The molecule has 1 N–H and O–H groups in total. The number of phenolic OH excluding ortho intramolecular Hbond substituents is 1. The van der Waals surface area contributed by atoms with Gasteiger partial charge in [0.2, 0.25) is 0 Å². The highest BCUT2D eigenvalue weighted by atomic mass is 19.4. The average Bonchev–Trinajstić information content (AvgIpc) is 2.15. The predicted molar refractivity (Wildman–Crippen MR) is 47.7 cm³/mol. The monoisotopic (exact) mass is 218 g/mol. The van der Waals surface area contributed by atoms with Crippen molar-refractivity contribution in [3.05, 3.63) is 29.3 Å². The van der Waals surface area contributed by atoms with E-state index in [0.717, 1.165) is 12.1 Å². The number of alkyl halides is 3. The van der Waals surface area contributed by atoms with Crippen molar-refractivity contribution in [3.63, 3.8) is 0 Å². The Morgan fingerprint density at radius 3 is 2.47 bits per heavy atom. The van der Waals surface area contributed by atoms with Gasteiger partial charge in [0.05, 0.1) is 11.1 Å². The standard InChI is InChI=1S/C10H9F3O2/c1-2-8(14)7-5-6(10(11,12)13)3-4-9(7)15/h3-5,15H,2H2,1H3. The van der Waals surface area contributed by atoms with Gasteiger partial charge < -0.3 is 5.11 Å². The SMILES string of the molecule is CCC(=O)c1cc(C(F)(F)F)ccc1O. The molecule has 0 aliphatic heterocycles. The minimum atomic E-state index is -4.50. The molecular formula is C10H9F3O2. The summed E-state index contributed by atoms with van der Waals surface area (Å²) in [5, 5.41) is 9.21. The molecule has 1 aromatic rings. The molecule has 0 spiro atoms. The first-order valence-corrected chi connectivity index (χ1v) is 4.29. The molecule has 82 valence electrons. The van der Waals surface area contributed by atoms with Gasteiger partial charge in [0.1, 0.15) is 5.75 Å². The lowest BCUT2D eigenvalue weighted by Crippen LogP contribution is -2.07. The van der Waals surface area contributed by atoms with Gasteiger partial charge in [-0.05, 0) is 18.2 Å². The van der Waals surface area contributed by atoms with Crippen LogP contribution in [0.1, 0.15) is 29.3 Å². The van der Waals surface area contributed by atoms with Crippen molar-refractivity contribution in [2.45, 2.75) is 19.5 Å². The summed E-state index contributed by atoms with van der Waals surface area (Å²) in [6.45, 7) is 1.52. The van der Waals surface area contributed by atoms with Crippen molar-refractivity contribution in [3.8, 4) is 5.75 Å². The van der Waals surface area contributed by atoms with Crippen molar-refractivity contribution >= 4 is 5.78 Å². The topological polar surface area (TPSA) is 37.3 Å². The zero-order valence-electron chi connectivity index (χ0n) is 7.93. The molecule has 0 aliphatic rings. The van der Waals surface area contributed by atoms with E-state index in [2.05, 4.69) is 0 Å². The lowest BCUT2D eigenvalue weighted by Gasteiger charge is -2.09. The Bertz CT molecular complexity index is 383. The molecule has 0 saturated carbocycles. The van der Waals surface area contributed by atoms with E-state index in [-0.39, 0.29) is 12.0 Å². The summed E-state index contributed by atoms with van der Waals surface area (Å²) in [6, 6.07) is 2.29. The Morgan fingerprint density at radius 2 is 2.00 bits per heavy atom. The summed E-state index contributed by atoms with van der Waals surface area (Å²) >= 11 is 0. The van der Waals surface area contributed by atoms with Crippen molar-refractivity contribution < 1.29 is 23.1 Å². The number of carbonyl (C=O) groups excluding carboxylic acids is 1. The van der Waals surface area contributed by atoms with Crippen LogP contribution in [0.25, 0.3) is 0 Å². The number of benzene rings is 1. The summed E-state index contributed by atoms with van der Waals surface area (Å²) in [6.07, 6.45) is -4.45. The number of halogens is 3. The second kappa shape index (κ2) is 3.92. The molecule has 0 saturated heterocycles. The second-order valence-electron chi connectivity index (χ2n) is 3.01. The number of hydrogen-bond donors (Lipinski definition) is 1. The van der Waals surface area contributed by atoms with Gasteiger partial charge in [-0.25, -0.2) is 0 Å². The summed E-state index contributed by atoms with van der Waals surface area (Å²) in [5.41, 5.74) is -1.22. The van der Waals surface area contributed by atoms with Crippen LogP contribution in [0.15, 0.2) is 18.2 Å². The third-order valence-corrected chi connectivity index (χ3v) is 1.95. The smallest absolute Gasteiger partial charge is 0.416 e. The lowest BCUT2D eigenvalue weighted by atomic mass is 10.0.